The molecule has 0 fully saturated rings. The van der Waals surface area contributed by atoms with Gasteiger partial charge in [-0.15, -0.1) is 0 Å². The summed E-state index contributed by atoms with van der Waals surface area (Å²) >= 11 is 0. The molecule has 8 bridgehead atoms. The second-order valence-corrected chi connectivity index (χ2v) is 14.2. The summed E-state index contributed by atoms with van der Waals surface area (Å²) in [6.07, 6.45) is 16.2. The minimum Gasteiger partial charge on any atom is -0.493 e. The molecule has 0 amide bonds. The number of hydrogen-bond acceptors (Lipinski definition) is 8. The van der Waals surface area contributed by atoms with E-state index in [1.54, 1.807) is 0 Å². The molecule has 0 unspecified atom stereocenters. The Morgan fingerprint density at radius 3 is 1.35 bits per heavy atom. The van der Waals surface area contributed by atoms with Gasteiger partial charge in [0.25, 0.3) is 0 Å². The van der Waals surface area contributed by atoms with Crippen molar-refractivity contribution in [2.45, 2.75) is 27.7 Å². The van der Waals surface area contributed by atoms with Gasteiger partial charge in [0.15, 0.2) is 0 Å². The van der Waals surface area contributed by atoms with Crippen LogP contribution < -0.4 is 18.9 Å². The highest BCUT2D eigenvalue weighted by molar-refractivity contribution is 6.51. The van der Waals surface area contributed by atoms with Crippen LogP contribution in [-0.2, 0) is 0 Å². The first-order chi connectivity index (χ1) is 29.6. The highest BCUT2D eigenvalue weighted by atomic mass is 16.5. The Balaban J connectivity index is 1.48. The summed E-state index contributed by atoms with van der Waals surface area (Å²) in [5.74, 6) is 2.92. The van der Waals surface area contributed by atoms with Crippen LogP contribution in [-0.4, -0.2) is 49.3 Å². The van der Waals surface area contributed by atoms with E-state index in [0.29, 0.717) is 49.3 Å². The lowest BCUT2D eigenvalue weighted by Crippen LogP contribution is -2.10. The van der Waals surface area contributed by atoms with Crippen LogP contribution in [0.1, 0.15) is 49.9 Å². The molecule has 0 aromatic heterocycles. The minimum absolute atomic E-state index is 0.464. The van der Waals surface area contributed by atoms with Gasteiger partial charge in [-0.25, -0.2) is 20.0 Å². The smallest absolute Gasteiger partial charge is 0.127 e. The predicted octanol–water partition coefficient (Wildman–Crippen LogP) is 11.3. The highest BCUT2D eigenvalue weighted by Gasteiger charge is 2.36. The molecule has 8 nitrogen and oxygen atoms in total. The molecule has 0 aliphatic carbocycles. The molecule has 4 aromatic rings. The molecule has 0 N–H and O–H groups in total. The summed E-state index contributed by atoms with van der Waals surface area (Å²) < 4.78 is 25.6. The number of benzene rings is 4. The average Bonchev–Trinajstić information content (AvgIpc) is 4.07. The molecular weight excluding hydrogens is 745 g/mol. The van der Waals surface area contributed by atoms with Gasteiger partial charge < -0.3 is 18.9 Å². The van der Waals surface area contributed by atoms with Gasteiger partial charge in [0.05, 0.1) is 72.1 Å². The molecule has 0 radical (unpaired) electrons. The topological polar surface area (TPSA) is 86.4 Å². The van der Waals surface area contributed by atoms with Crippen molar-refractivity contribution in [3.63, 3.8) is 0 Å². The summed E-state index contributed by atoms with van der Waals surface area (Å²) in [6, 6.07) is 32.5. The summed E-state index contributed by atoms with van der Waals surface area (Å²) in [5.41, 5.74) is 12.9. The first-order valence-corrected chi connectivity index (χ1v) is 20.5. The number of allylic oxidation sites excluding steroid dienone is 12. The van der Waals surface area contributed by atoms with E-state index in [0.717, 1.165) is 90.3 Å². The fourth-order valence-electron chi connectivity index (χ4n) is 7.96. The van der Waals surface area contributed by atoms with Crippen molar-refractivity contribution in [1.29, 1.82) is 0 Å². The first-order valence-electron chi connectivity index (χ1n) is 20.5. The summed E-state index contributed by atoms with van der Waals surface area (Å²) in [6.45, 7) is 9.93. The molecule has 5 aliphatic rings. The molecule has 9 rings (SSSR count). The van der Waals surface area contributed by atoms with E-state index < -0.39 is 0 Å². The van der Waals surface area contributed by atoms with Gasteiger partial charge in [-0.3, -0.25) is 0 Å². The third-order valence-corrected chi connectivity index (χ3v) is 10.3. The van der Waals surface area contributed by atoms with Crippen molar-refractivity contribution < 1.29 is 18.9 Å². The Hall–Kier alpha value is -7.32. The zero-order valence-corrected chi connectivity index (χ0v) is 34.1. The van der Waals surface area contributed by atoms with Gasteiger partial charge >= 0.3 is 0 Å². The molecule has 0 atom stereocenters. The van der Waals surface area contributed by atoms with Crippen LogP contribution >= 0.6 is 0 Å². The van der Waals surface area contributed by atoms with E-state index in [2.05, 4.69) is 36.4 Å². The van der Waals surface area contributed by atoms with Crippen molar-refractivity contribution in [3.8, 4) is 23.0 Å². The second-order valence-electron chi connectivity index (χ2n) is 14.2. The van der Waals surface area contributed by atoms with Crippen LogP contribution in [0.2, 0.25) is 0 Å². The number of aliphatic imine (C=N–C) groups is 4. The molecule has 296 valence electrons. The molecule has 60 heavy (non-hydrogen) atoms. The maximum absolute atomic E-state index is 6.46. The Morgan fingerprint density at radius 2 is 0.817 bits per heavy atom. The maximum atomic E-state index is 6.46. The van der Waals surface area contributed by atoms with E-state index >= 15 is 0 Å². The number of nitrogens with zero attached hydrogens (tertiary/aromatic N) is 4. The molecule has 0 saturated carbocycles. The Bertz CT molecular complexity index is 2800. The van der Waals surface area contributed by atoms with Crippen LogP contribution in [0.15, 0.2) is 188 Å². The SMILES string of the molecule is CCOc1ccccc1C1=CC2=CC3=NC(=CC4=NC(=CC5=NC(=C(c6ccccc6OCC)C1=N2)C(c1ccccc1OCC)=C5c1ccccc1OCC)C=C4)C=C3. The van der Waals surface area contributed by atoms with Crippen LogP contribution in [0.4, 0.5) is 0 Å². The minimum atomic E-state index is 0.464. The Labute approximate surface area is 350 Å². The second kappa shape index (κ2) is 16.9. The third-order valence-electron chi connectivity index (χ3n) is 10.3. The lowest BCUT2D eigenvalue weighted by atomic mass is 9.85. The molecule has 5 heterocycles. The predicted molar refractivity (Wildman–Crippen MR) is 244 cm³/mol. The summed E-state index contributed by atoms with van der Waals surface area (Å²) in [7, 11) is 0. The molecule has 0 spiro atoms. The Morgan fingerprint density at radius 1 is 0.383 bits per heavy atom. The van der Waals surface area contributed by atoms with E-state index in [1.807, 2.05) is 137 Å². The molecule has 0 saturated heterocycles. The van der Waals surface area contributed by atoms with Crippen molar-refractivity contribution in [1.82, 2.24) is 0 Å². The lowest BCUT2D eigenvalue weighted by Gasteiger charge is -2.21. The molecule has 5 aliphatic heterocycles. The standard InChI is InChI=1S/C52H44N4O4/c1-5-57-44-21-13-9-17-38(44)42-31-37-30-35-26-25-33(53-35)29-34-27-28-36(54-34)32-43-48(39-18-10-14-22-45(39)58-6-2)49(40-19-11-15-23-46(40)59-7-3)52(56-43)50(51(42)55-37)41-20-12-16-24-47(41)60-8-4/h9-32H,5-8H2,1-4H3. The van der Waals surface area contributed by atoms with Gasteiger partial charge in [0.2, 0.25) is 0 Å². The van der Waals surface area contributed by atoms with Gasteiger partial charge in [-0.05, 0) is 101 Å². The number of para-hydroxylation sites is 4. The van der Waals surface area contributed by atoms with Gasteiger partial charge in [0.1, 0.15) is 23.0 Å². The normalized spacial score (nSPS) is 16.5. The molecule has 4 aromatic carbocycles. The van der Waals surface area contributed by atoms with Gasteiger partial charge in [0, 0.05) is 44.5 Å². The van der Waals surface area contributed by atoms with Gasteiger partial charge in [-0.2, -0.15) is 0 Å². The third kappa shape index (κ3) is 7.32. The van der Waals surface area contributed by atoms with Crippen LogP contribution in [0.25, 0.3) is 22.3 Å². The number of rotatable bonds is 12. The summed E-state index contributed by atoms with van der Waals surface area (Å²) in [4.78, 5) is 21.2. The first kappa shape index (κ1) is 38.2. The zero-order chi connectivity index (χ0) is 41.0. The van der Waals surface area contributed by atoms with Crippen molar-refractivity contribution in [2.75, 3.05) is 26.4 Å². The molecular formula is C52H44N4O4. The van der Waals surface area contributed by atoms with E-state index in [-0.39, 0.29) is 0 Å². The Kier molecular flexibility index (Phi) is 10.7. The van der Waals surface area contributed by atoms with Crippen molar-refractivity contribution in [3.05, 3.63) is 191 Å². The van der Waals surface area contributed by atoms with Gasteiger partial charge in [-0.1, -0.05) is 72.8 Å². The van der Waals surface area contributed by atoms with Crippen LogP contribution in [0.5, 0.6) is 23.0 Å². The van der Waals surface area contributed by atoms with Crippen LogP contribution in [0, 0.1) is 0 Å². The summed E-state index contributed by atoms with van der Waals surface area (Å²) in [5, 5.41) is 0. The van der Waals surface area contributed by atoms with Crippen LogP contribution in [0.3, 0.4) is 0 Å². The maximum Gasteiger partial charge on any atom is 0.127 e. The van der Waals surface area contributed by atoms with E-state index in [4.69, 9.17) is 38.9 Å². The number of hydrogen-bond donors (Lipinski definition) is 0. The monoisotopic (exact) mass is 788 g/mol. The van der Waals surface area contributed by atoms with Crippen molar-refractivity contribution >= 4 is 45.1 Å². The number of ether oxygens (including phenoxy) is 4. The molecule has 8 heteroatoms. The average molecular weight is 789 g/mol. The van der Waals surface area contributed by atoms with E-state index in [1.165, 1.54) is 0 Å². The largest absolute Gasteiger partial charge is 0.493 e. The lowest BCUT2D eigenvalue weighted by molar-refractivity contribution is 0.339. The fourth-order valence-corrected chi connectivity index (χ4v) is 7.96. The number of fused-ring (bicyclic) bond motifs is 4. The highest BCUT2D eigenvalue weighted by Crippen LogP contribution is 2.50. The quantitative estimate of drug-likeness (QED) is 0.143. The fraction of sp³-hybridized carbons (Fsp3) is 0.154. The zero-order valence-electron chi connectivity index (χ0n) is 34.1. The van der Waals surface area contributed by atoms with Crippen molar-refractivity contribution in [2.24, 2.45) is 20.0 Å². The van der Waals surface area contributed by atoms with E-state index in [9.17, 15) is 0 Å².